The van der Waals surface area contributed by atoms with Crippen LogP contribution in [0.4, 0.5) is 0 Å². The van der Waals surface area contributed by atoms with Crippen LogP contribution in [0.1, 0.15) is 113 Å². The van der Waals surface area contributed by atoms with Gasteiger partial charge in [0.1, 0.15) is 0 Å². The van der Waals surface area contributed by atoms with E-state index in [9.17, 15) is 4.79 Å². The summed E-state index contributed by atoms with van der Waals surface area (Å²) in [6.07, 6.45) is 15.3. The van der Waals surface area contributed by atoms with Crippen LogP contribution in [0.2, 0.25) is 0 Å². The van der Waals surface area contributed by atoms with Gasteiger partial charge in [-0.15, -0.1) is 0 Å². The minimum Gasteiger partial charge on any atom is -0.462 e. The number of ether oxygens (including phenoxy) is 1. The Kier molecular flexibility index (Phi) is 9.81. The molecule has 1 aromatic carbocycles. The van der Waals surface area contributed by atoms with Crippen molar-refractivity contribution in [2.45, 2.75) is 96.8 Å². The quantitative estimate of drug-likeness (QED) is 0.307. The second-order valence-electron chi connectivity index (χ2n) is 8.19. The van der Waals surface area contributed by atoms with Crippen molar-refractivity contribution in [1.29, 1.82) is 0 Å². The van der Waals surface area contributed by atoms with Crippen LogP contribution in [0.15, 0.2) is 24.3 Å². The van der Waals surface area contributed by atoms with Gasteiger partial charge < -0.3 is 4.74 Å². The zero-order valence-corrected chi connectivity index (χ0v) is 17.0. The highest BCUT2D eigenvalue weighted by Gasteiger charge is 2.19. The van der Waals surface area contributed by atoms with Crippen molar-refractivity contribution in [2.24, 2.45) is 5.92 Å². The first-order valence-electron chi connectivity index (χ1n) is 11.0. The molecule has 1 aromatic rings. The minimum absolute atomic E-state index is 0.170. The van der Waals surface area contributed by atoms with Crippen LogP contribution in [0, 0.1) is 5.92 Å². The summed E-state index contributed by atoms with van der Waals surface area (Å²) in [5.41, 5.74) is 2.08. The van der Waals surface area contributed by atoms with Crippen molar-refractivity contribution < 1.29 is 9.53 Å². The predicted octanol–water partition coefficient (Wildman–Crippen LogP) is 7.28. The molecular weight excluding hydrogens is 320 g/mol. The van der Waals surface area contributed by atoms with Gasteiger partial charge in [-0.3, -0.25) is 0 Å². The van der Waals surface area contributed by atoms with E-state index < -0.39 is 0 Å². The fourth-order valence-electron chi connectivity index (χ4n) is 3.97. The van der Waals surface area contributed by atoms with Crippen LogP contribution >= 0.6 is 0 Å². The molecule has 1 fully saturated rings. The topological polar surface area (TPSA) is 26.3 Å². The SMILES string of the molecule is CCCCCCCCCCOC(=O)c1ccc(C2CCC(C)CC2)cc1. The second kappa shape index (κ2) is 12.1. The molecule has 1 saturated carbocycles. The van der Waals surface area contributed by atoms with Gasteiger partial charge in [0.25, 0.3) is 0 Å². The van der Waals surface area contributed by atoms with Gasteiger partial charge in [0, 0.05) is 0 Å². The Labute approximate surface area is 160 Å². The van der Waals surface area contributed by atoms with Crippen LogP contribution in [0.3, 0.4) is 0 Å². The maximum Gasteiger partial charge on any atom is 0.338 e. The molecule has 0 unspecified atom stereocenters. The Bertz CT molecular complexity index is 497. The number of hydrogen-bond donors (Lipinski definition) is 0. The summed E-state index contributed by atoms with van der Waals surface area (Å²) in [7, 11) is 0. The van der Waals surface area contributed by atoms with Crippen LogP contribution in [0.25, 0.3) is 0 Å². The summed E-state index contributed by atoms with van der Waals surface area (Å²) in [6, 6.07) is 8.16. The van der Waals surface area contributed by atoms with Crippen LogP contribution in [0.5, 0.6) is 0 Å². The normalized spacial score (nSPS) is 20.1. The van der Waals surface area contributed by atoms with E-state index in [1.807, 2.05) is 12.1 Å². The lowest BCUT2D eigenvalue weighted by molar-refractivity contribution is 0.0497. The number of esters is 1. The number of benzene rings is 1. The standard InChI is InChI=1S/C24H38O2/c1-3-4-5-6-7-8-9-10-19-26-24(25)23-17-15-22(16-18-23)21-13-11-20(2)12-14-21/h15-18,20-21H,3-14,19H2,1-2H3. The maximum atomic E-state index is 12.2. The van der Waals surface area contributed by atoms with Crippen LogP contribution < -0.4 is 0 Å². The van der Waals surface area contributed by atoms with Crippen molar-refractivity contribution in [3.63, 3.8) is 0 Å². The lowest BCUT2D eigenvalue weighted by Gasteiger charge is -2.26. The van der Waals surface area contributed by atoms with Crippen molar-refractivity contribution in [3.05, 3.63) is 35.4 Å². The third-order valence-corrected chi connectivity index (χ3v) is 5.86. The van der Waals surface area contributed by atoms with E-state index in [1.54, 1.807) is 0 Å². The Morgan fingerprint density at radius 1 is 0.885 bits per heavy atom. The minimum atomic E-state index is -0.170. The van der Waals surface area contributed by atoms with Gasteiger partial charge in [0.15, 0.2) is 0 Å². The predicted molar refractivity (Wildman–Crippen MR) is 110 cm³/mol. The molecular formula is C24H38O2. The molecule has 2 nitrogen and oxygen atoms in total. The van der Waals surface area contributed by atoms with E-state index in [2.05, 4.69) is 26.0 Å². The Balaban J connectivity index is 1.60. The zero-order valence-electron chi connectivity index (χ0n) is 17.0. The van der Waals surface area contributed by atoms with Gasteiger partial charge in [0.2, 0.25) is 0 Å². The third kappa shape index (κ3) is 7.51. The van der Waals surface area contributed by atoms with Gasteiger partial charge in [0.05, 0.1) is 12.2 Å². The molecule has 0 N–H and O–H groups in total. The molecule has 1 aliphatic rings. The Morgan fingerprint density at radius 2 is 1.46 bits per heavy atom. The molecule has 0 bridgehead atoms. The summed E-state index contributed by atoms with van der Waals surface area (Å²) < 4.78 is 5.43. The molecule has 0 spiro atoms. The molecule has 0 saturated heterocycles. The van der Waals surface area contributed by atoms with E-state index in [4.69, 9.17) is 4.74 Å². The molecule has 0 aromatic heterocycles. The zero-order chi connectivity index (χ0) is 18.6. The van der Waals surface area contributed by atoms with E-state index in [1.165, 1.54) is 76.2 Å². The van der Waals surface area contributed by atoms with Crippen molar-refractivity contribution in [2.75, 3.05) is 6.61 Å². The number of hydrogen-bond acceptors (Lipinski definition) is 2. The maximum absolute atomic E-state index is 12.2. The molecule has 2 rings (SSSR count). The number of unbranched alkanes of at least 4 members (excludes halogenated alkanes) is 7. The van der Waals surface area contributed by atoms with E-state index >= 15 is 0 Å². The van der Waals surface area contributed by atoms with Gasteiger partial charge in [-0.05, 0) is 48.8 Å². The summed E-state index contributed by atoms with van der Waals surface area (Å²) >= 11 is 0. The van der Waals surface area contributed by atoms with Gasteiger partial charge in [-0.1, -0.05) is 83.8 Å². The molecule has 0 radical (unpaired) electrons. The highest BCUT2D eigenvalue weighted by molar-refractivity contribution is 5.89. The highest BCUT2D eigenvalue weighted by Crippen LogP contribution is 2.35. The molecule has 146 valence electrons. The summed E-state index contributed by atoms with van der Waals surface area (Å²) in [5.74, 6) is 1.38. The second-order valence-corrected chi connectivity index (χ2v) is 8.19. The number of carbonyl (C=O) groups is 1. The first-order valence-corrected chi connectivity index (χ1v) is 11.0. The molecule has 2 heteroatoms. The summed E-state index contributed by atoms with van der Waals surface area (Å²) in [5, 5.41) is 0. The molecule has 26 heavy (non-hydrogen) atoms. The van der Waals surface area contributed by atoms with Gasteiger partial charge >= 0.3 is 5.97 Å². The third-order valence-electron chi connectivity index (χ3n) is 5.86. The van der Waals surface area contributed by atoms with E-state index in [0.29, 0.717) is 18.1 Å². The van der Waals surface area contributed by atoms with E-state index in [0.717, 1.165) is 12.3 Å². The molecule has 0 amide bonds. The largest absolute Gasteiger partial charge is 0.462 e. The lowest BCUT2D eigenvalue weighted by Crippen LogP contribution is -2.11. The van der Waals surface area contributed by atoms with Crippen molar-refractivity contribution >= 4 is 5.97 Å². The fourth-order valence-corrected chi connectivity index (χ4v) is 3.97. The van der Waals surface area contributed by atoms with Crippen molar-refractivity contribution in [3.8, 4) is 0 Å². The highest BCUT2D eigenvalue weighted by atomic mass is 16.5. The lowest BCUT2D eigenvalue weighted by atomic mass is 9.79. The monoisotopic (exact) mass is 358 g/mol. The van der Waals surface area contributed by atoms with Crippen LogP contribution in [-0.2, 0) is 4.74 Å². The fraction of sp³-hybridized carbons (Fsp3) is 0.708. The van der Waals surface area contributed by atoms with Crippen LogP contribution in [-0.4, -0.2) is 12.6 Å². The first-order chi connectivity index (χ1) is 12.7. The first kappa shape index (κ1) is 21.0. The molecule has 0 heterocycles. The molecule has 0 aliphatic heterocycles. The van der Waals surface area contributed by atoms with E-state index in [-0.39, 0.29) is 5.97 Å². The average molecular weight is 359 g/mol. The molecule has 0 atom stereocenters. The average Bonchev–Trinajstić information content (AvgIpc) is 2.67. The summed E-state index contributed by atoms with van der Waals surface area (Å²) in [6.45, 7) is 5.15. The number of carbonyl (C=O) groups excluding carboxylic acids is 1. The van der Waals surface area contributed by atoms with Gasteiger partial charge in [-0.25, -0.2) is 4.79 Å². The molecule has 1 aliphatic carbocycles. The Morgan fingerprint density at radius 3 is 2.08 bits per heavy atom. The smallest absolute Gasteiger partial charge is 0.338 e. The van der Waals surface area contributed by atoms with Crippen molar-refractivity contribution in [1.82, 2.24) is 0 Å². The van der Waals surface area contributed by atoms with Gasteiger partial charge in [-0.2, -0.15) is 0 Å². The Hall–Kier alpha value is -1.31. The number of rotatable bonds is 11. The summed E-state index contributed by atoms with van der Waals surface area (Å²) in [4.78, 5) is 12.2.